The monoisotopic (exact) mass is 414 g/mol. The zero-order chi connectivity index (χ0) is 20.2. The summed E-state index contributed by atoms with van der Waals surface area (Å²) in [6.07, 6.45) is 4.10. The summed E-state index contributed by atoms with van der Waals surface area (Å²) in [7, 11) is 2.05. The minimum absolute atomic E-state index is 0.263. The van der Waals surface area contributed by atoms with Gasteiger partial charge in [0.05, 0.1) is 6.54 Å². The van der Waals surface area contributed by atoms with Gasteiger partial charge in [-0.25, -0.2) is 0 Å². The van der Waals surface area contributed by atoms with E-state index in [0.717, 1.165) is 63.1 Å². The number of para-hydroxylation sites is 1. The fraction of sp³-hybridized carbons (Fsp3) is 0.571. The molecule has 0 radical (unpaired) electrons. The minimum Gasteiger partial charge on any atom is -0.368 e. The molecule has 0 atom stereocenters. The molecular weight excluding hydrogens is 384 g/mol. The quantitative estimate of drug-likeness (QED) is 0.698. The molecule has 0 N–H and O–H groups in total. The standard InChI is InChI=1S/C21H30N6OS/c1-24-20(22-23-21(24)29-2)17-8-10-25(11-9-17)16-19(28)27-14-12-26(13-15-27)18-6-4-3-5-7-18/h3-7,17H,8-16H2,1-2H3. The Balaban J connectivity index is 1.23. The average molecular weight is 415 g/mol. The molecule has 0 saturated carbocycles. The molecule has 2 fully saturated rings. The SMILES string of the molecule is CSc1nnc(C2CCN(CC(=O)N3CCN(c4ccccc4)CC3)CC2)n1C. The van der Waals surface area contributed by atoms with Crippen LogP contribution >= 0.6 is 11.8 Å². The van der Waals surface area contributed by atoms with Gasteiger partial charge in [0, 0.05) is 44.8 Å². The summed E-state index contributed by atoms with van der Waals surface area (Å²) in [6.45, 7) is 5.85. The Morgan fingerprint density at radius 1 is 1.03 bits per heavy atom. The molecule has 0 unspecified atom stereocenters. The van der Waals surface area contributed by atoms with E-state index in [1.54, 1.807) is 11.8 Å². The summed E-state index contributed by atoms with van der Waals surface area (Å²) in [5.41, 5.74) is 1.25. The molecule has 1 aromatic heterocycles. The second-order valence-electron chi connectivity index (χ2n) is 7.86. The van der Waals surface area contributed by atoms with E-state index in [1.165, 1.54) is 5.69 Å². The maximum atomic E-state index is 12.8. The van der Waals surface area contributed by atoms with Crippen molar-refractivity contribution in [2.24, 2.45) is 7.05 Å². The lowest BCUT2D eigenvalue weighted by Gasteiger charge is -2.38. The molecule has 156 valence electrons. The Hall–Kier alpha value is -2.06. The highest BCUT2D eigenvalue weighted by Gasteiger charge is 2.28. The number of aromatic nitrogens is 3. The number of hydrogen-bond acceptors (Lipinski definition) is 6. The second kappa shape index (κ2) is 9.17. The molecule has 0 aliphatic carbocycles. The number of piperazine rings is 1. The maximum Gasteiger partial charge on any atom is 0.236 e. The summed E-state index contributed by atoms with van der Waals surface area (Å²) in [4.78, 5) is 19.5. The van der Waals surface area contributed by atoms with Crippen molar-refractivity contribution >= 4 is 23.4 Å². The Morgan fingerprint density at radius 2 is 1.72 bits per heavy atom. The fourth-order valence-electron chi connectivity index (χ4n) is 4.35. The van der Waals surface area contributed by atoms with Gasteiger partial charge in [0.1, 0.15) is 5.82 Å². The van der Waals surface area contributed by atoms with Gasteiger partial charge >= 0.3 is 0 Å². The molecule has 2 aliphatic heterocycles. The van der Waals surface area contributed by atoms with E-state index < -0.39 is 0 Å². The first-order valence-electron chi connectivity index (χ1n) is 10.4. The Kier molecular flexibility index (Phi) is 6.40. The third-order valence-electron chi connectivity index (χ3n) is 6.12. The summed E-state index contributed by atoms with van der Waals surface area (Å²) in [5, 5.41) is 9.62. The molecule has 3 heterocycles. The lowest BCUT2D eigenvalue weighted by molar-refractivity contribution is -0.133. The zero-order valence-corrected chi connectivity index (χ0v) is 18.1. The summed E-state index contributed by atoms with van der Waals surface area (Å²) < 4.78 is 2.11. The lowest BCUT2D eigenvalue weighted by atomic mass is 9.96. The second-order valence-corrected chi connectivity index (χ2v) is 8.63. The van der Waals surface area contributed by atoms with Crippen molar-refractivity contribution in [3.8, 4) is 0 Å². The van der Waals surface area contributed by atoms with Crippen molar-refractivity contribution < 1.29 is 4.79 Å². The molecule has 7 nitrogen and oxygen atoms in total. The Labute approximate surface area is 177 Å². The molecule has 4 rings (SSSR count). The van der Waals surface area contributed by atoms with Gasteiger partial charge in [0.2, 0.25) is 5.91 Å². The van der Waals surface area contributed by atoms with Crippen molar-refractivity contribution in [1.82, 2.24) is 24.6 Å². The number of hydrogen-bond donors (Lipinski definition) is 0. The van der Waals surface area contributed by atoms with E-state index in [9.17, 15) is 4.79 Å². The largest absolute Gasteiger partial charge is 0.368 e. The number of carbonyl (C=O) groups excluding carboxylic acids is 1. The molecule has 0 bridgehead atoms. The number of amides is 1. The van der Waals surface area contributed by atoms with Crippen LogP contribution in [0.15, 0.2) is 35.5 Å². The van der Waals surface area contributed by atoms with Crippen molar-refractivity contribution in [3.05, 3.63) is 36.2 Å². The fourth-order valence-corrected chi connectivity index (χ4v) is 4.84. The Bertz CT molecular complexity index is 810. The molecule has 0 spiro atoms. The highest BCUT2D eigenvalue weighted by Crippen LogP contribution is 2.28. The predicted molar refractivity (Wildman–Crippen MR) is 116 cm³/mol. The third kappa shape index (κ3) is 4.59. The molecule has 8 heteroatoms. The van der Waals surface area contributed by atoms with Crippen LogP contribution in [0.25, 0.3) is 0 Å². The van der Waals surface area contributed by atoms with E-state index in [2.05, 4.69) is 48.8 Å². The molecule has 29 heavy (non-hydrogen) atoms. The number of piperidine rings is 1. The maximum absolute atomic E-state index is 12.8. The van der Waals surface area contributed by atoms with Crippen LogP contribution in [0.1, 0.15) is 24.6 Å². The van der Waals surface area contributed by atoms with Gasteiger partial charge in [-0.15, -0.1) is 10.2 Å². The van der Waals surface area contributed by atoms with Gasteiger partial charge in [-0.3, -0.25) is 9.69 Å². The lowest BCUT2D eigenvalue weighted by Crippen LogP contribution is -2.51. The molecule has 1 amide bonds. The first-order valence-corrected chi connectivity index (χ1v) is 11.6. The van der Waals surface area contributed by atoms with Crippen molar-refractivity contribution in [3.63, 3.8) is 0 Å². The smallest absolute Gasteiger partial charge is 0.236 e. The number of nitrogens with zero attached hydrogens (tertiary/aromatic N) is 6. The minimum atomic E-state index is 0.263. The van der Waals surface area contributed by atoms with Crippen LogP contribution in [0, 0.1) is 0 Å². The third-order valence-corrected chi connectivity index (χ3v) is 6.84. The number of anilines is 1. The van der Waals surface area contributed by atoms with Crippen LogP contribution < -0.4 is 4.90 Å². The summed E-state index contributed by atoms with van der Waals surface area (Å²) in [5.74, 6) is 1.78. The van der Waals surface area contributed by atoms with E-state index in [4.69, 9.17) is 0 Å². The van der Waals surface area contributed by atoms with Gasteiger partial charge < -0.3 is 14.4 Å². The highest BCUT2D eigenvalue weighted by molar-refractivity contribution is 7.98. The first-order chi connectivity index (χ1) is 14.2. The van der Waals surface area contributed by atoms with Gasteiger partial charge in [-0.2, -0.15) is 0 Å². The van der Waals surface area contributed by atoms with Crippen LogP contribution in [-0.2, 0) is 11.8 Å². The first kappa shape index (κ1) is 20.2. The number of rotatable bonds is 5. The van der Waals surface area contributed by atoms with Gasteiger partial charge in [-0.05, 0) is 44.3 Å². The topological polar surface area (TPSA) is 57.5 Å². The molecular formula is C21H30N6OS. The van der Waals surface area contributed by atoms with E-state index in [-0.39, 0.29) is 5.91 Å². The number of thioether (sulfide) groups is 1. The highest BCUT2D eigenvalue weighted by atomic mass is 32.2. The molecule has 2 aromatic rings. The molecule has 2 aliphatic rings. The normalized spacial score (nSPS) is 19.0. The zero-order valence-electron chi connectivity index (χ0n) is 17.3. The summed E-state index contributed by atoms with van der Waals surface area (Å²) in [6, 6.07) is 10.5. The van der Waals surface area contributed by atoms with Crippen LogP contribution in [0.5, 0.6) is 0 Å². The van der Waals surface area contributed by atoms with Crippen LogP contribution in [0.2, 0.25) is 0 Å². The van der Waals surface area contributed by atoms with E-state index >= 15 is 0 Å². The molecule has 1 aromatic carbocycles. The van der Waals surface area contributed by atoms with Crippen molar-refractivity contribution in [1.29, 1.82) is 0 Å². The number of carbonyl (C=O) groups is 1. The van der Waals surface area contributed by atoms with E-state index in [0.29, 0.717) is 12.5 Å². The summed E-state index contributed by atoms with van der Waals surface area (Å²) >= 11 is 1.63. The average Bonchev–Trinajstić information content (AvgIpc) is 3.15. The van der Waals surface area contributed by atoms with Crippen molar-refractivity contribution in [2.75, 3.05) is 57.0 Å². The van der Waals surface area contributed by atoms with Crippen molar-refractivity contribution in [2.45, 2.75) is 23.9 Å². The predicted octanol–water partition coefficient (Wildman–Crippen LogP) is 2.07. The van der Waals surface area contributed by atoms with Crippen LogP contribution in [0.3, 0.4) is 0 Å². The number of benzene rings is 1. The van der Waals surface area contributed by atoms with Gasteiger partial charge in [0.15, 0.2) is 5.16 Å². The number of likely N-dealkylation sites (tertiary alicyclic amines) is 1. The Morgan fingerprint density at radius 3 is 2.34 bits per heavy atom. The van der Waals surface area contributed by atoms with Crippen LogP contribution in [0.4, 0.5) is 5.69 Å². The van der Waals surface area contributed by atoms with Gasteiger partial charge in [-0.1, -0.05) is 30.0 Å². The molecule has 2 saturated heterocycles. The van der Waals surface area contributed by atoms with Gasteiger partial charge in [0.25, 0.3) is 0 Å². The van der Waals surface area contributed by atoms with E-state index in [1.807, 2.05) is 24.3 Å². The van der Waals surface area contributed by atoms with Crippen LogP contribution in [-0.4, -0.2) is 82.5 Å².